The quantitative estimate of drug-likeness (QED) is 0.136. The van der Waals surface area contributed by atoms with Crippen LogP contribution in [-0.2, 0) is 0 Å². The van der Waals surface area contributed by atoms with E-state index < -0.39 is 0 Å². The summed E-state index contributed by atoms with van der Waals surface area (Å²) >= 11 is 0. The lowest BCUT2D eigenvalue weighted by molar-refractivity contribution is 1.31. The molecule has 8 aromatic carbocycles. The van der Waals surface area contributed by atoms with Crippen molar-refractivity contribution in [1.82, 2.24) is 49.8 Å². The van der Waals surface area contributed by atoms with Gasteiger partial charge in [-0.15, -0.1) is 0 Å². The molecule has 0 spiro atoms. The maximum absolute atomic E-state index is 5.10. The van der Waals surface area contributed by atoms with Crippen molar-refractivity contribution in [2.45, 2.75) is 0 Å². The molecule has 0 atom stereocenters. The minimum absolute atomic E-state index is 0.919. The molecule has 0 radical (unpaired) electrons. The molecule has 0 saturated carbocycles. The number of rotatable bonds is 8. The van der Waals surface area contributed by atoms with Crippen LogP contribution in [0.2, 0.25) is 0 Å². The average Bonchev–Trinajstić information content (AvgIpc) is 0.818. The average molecular weight is 1180 g/mol. The summed E-state index contributed by atoms with van der Waals surface area (Å²) in [5, 5.41) is 8.78. The first-order chi connectivity index (χ1) is 45.5. The summed E-state index contributed by atoms with van der Waals surface area (Å²) in [6, 6.07) is 88.6. The fourth-order valence-electron chi connectivity index (χ4n) is 12.5. The highest BCUT2D eigenvalue weighted by Gasteiger charge is 2.15. The van der Waals surface area contributed by atoms with Gasteiger partial charge in [0.25, 0.3) is 0 Å². The Kier molecular flexibility index (Phi) is 13.3. The minimum Gasteiger partial charge on any atom is -0.265 e. The molecule has 0 unspecified atom stereocenters. The van der Waals surface area contributed by atoms with Crippen LogP contribution >= 0.6 is 0 Å². The maximum atomic E-state index is 5.10. The van der Waals surface area contributed by atoms with Crippen LogP contribution in [-0.4, -0.2) is 49.8 Å². The monoisotopic (exact) mass is 1170 g/mol. The Labute approximate surface area is 528 Å². The SMILES string of the molecule is c1cnc2c(c1)cc(-c1ccc(-c3ccc4ccc(-c5ccc6ccc(-c7ccncc7)nc6c5)cc4n3)cc1)c1cccnc12.c1cnc2c(c1)ccc1c(-c3ccc(-c4ccc5ccc(-c6ccc7ccc(-c8ccncc8)nc7c6)cc5n4)cc3)ccnc12. The Hall–Kier alpha value is -12.7. The molecule has 0 fully saturated rings. The predicted octanol–water partition coefficient (Wildman–Crippen LogP) is 19.9. The topological polar surface area (TPSA) is 129 Å². The highest BCUT2D eigenvalue weighted by molar-refractivity contribution is 6.11. The summed E-state index contributed by atoms with van der Waals surface area (Å²) in [5.41, 5.74) is 24.5. The number of hydrogen-bond acceptors (Lipinski definition) is 10. The van der Waals surface area contributed by atoms with Gasteiger partial charge in [-0.2, -0.15) is 0 Å². The largest absolute Gasteiger partial charge is 0.265 e. The predicted molar refractivity (Wildman–Crippen MR) is 374 cm³/mol. The van der Waals surface area contributed by atoms with E-state index in [9.17, 15) is 0 Å². The maximum Gasteiger partial charge on any atom is 0.0970 e. The highest BCUT2D eigenvalue weighted by atomic mass is 14.8. The zero-order valence-corrected chi connectivity index (χ0v) is 49.3. The van der Waals surface area contributed by atoms with Crippen molar-refractivity contribution < 1.29 is 0 Å². The van der Waals surface area contributed by atoms with Crippen molar-refractivity contribution >= 4 is 87.2 Å². The molecule has 0 aliphatic carbocycles. The Morgan fingerprint density at radius 3 is 0.967 bits per heavy atom. The summed E-state index contributed by atoms with van der Waals surface area (Å²) < 4.78 is 0. The molecular formula is C82H50N10. The minimum atomic E-state index is 0.919. The van der Waals surface area contributed by atoms with Crippen molar-refractivity contribution in [1.29, 1.82) is 0 Å². The van der Waals surface area contributed by atoms with Gasteiger partial charge in [0.2, 0.25) is 0 Å². The van der Waals surface area contributed by atoms with Crippen molar-refractivity contribution in [2.24, 2.45) is 0 Å². The van der Waals surface area contributed by atoms with E-state index >= 15 is 0 Å². The lowest BCUT2D eigenvalue weighted by Gasteiger charge is -2.11. The molecule has 0 aliphatic rings. The molecule has 0 N–H and O–H groups in total. The van der Waals surface area contributed by atoms with E-state index in [0.29, 0.717) is 0 Å². The van der Waals surface area contributed by atoms with Crippen LogP contribution in [0, 0.1) is 0 Å². The van der Waals surface area contributed by atoms with Gasteiger partial charge in [0, 0.05) is 115 Å². The van der Waals surface area contributed by atoms with Crippen LogP contribution in [0.25, 0.3) is 177 Å². The molecule has 10 heteroatoms. The third kappa shape index (κ3) is 10.1. The third-order valence-corrected chi connectivity index (χ3v) is 17.3. The van der Waals surface area contributed by atoms with Crippen LogP contribution < -0.4 is 0 Å². The number of pyridine rings is 10. The van der Waals surface area contributed by atoms with Crippen molar-refractivity contribution in [2.75, 3.05) is 0 Å². The van der Waals surface area contributed by atoms with Gasteiger partial charge in [-0.05, 0) is 148 Å². The van der Waals surface area contributed by atoms with Crippen LogP contribution in [0.1, 0.15) is 0 Å². The highest BCUT2D eigenvalue weighted by Crippen LogP contribution is 2.37. The number of nitrogens with zero attached hydrogens (tertiary/aromatic N) is 10. The molecule has 10 aromatic heterocycles. The van der Waals surface area contributed by atoms with Gasteiger partial charge in [-0.3, -0.25) is 29.9 Å². The number of aromatic nitrogens is 10. The normalized spacial score (nSPS) is 11.5. The van der Waals surface area contributed by atoms with Crippen molar-refractivity contribution in [3.05, 3.63) is 304 Å². The fourth-order valence-corrected chi connectivity index (χ4v) is 12.5. The molecule has 428 valence electrons. The molecule has 10 heterocycles. The first-order valence-corrected chi connectivity index (χ1v) is 30.5. The van der Waals surface area contributed by atoms with E-state index in [0.717, 1.165) is 177 Å². The second-order valence-electron chi connectivity index (χ2n) is 22.8. The molecular weight excluding hydrogens is 1120 g/mol. The van der Waals surface area contributed by atoms with Crippen LogP contribution in [0.15, 0.2) is 304 Å². The van der Waals surface area contributed by atoms with Gasteiger partial charge in [-0.25, -0.2) is 19.9 Å². The van der Waals surface area contributed by atoms with Gasteiger partial charge >= 0.3 is 0 Å². The molecule has 92 heavy (non-hydrogen) atoms. The molecule has 0 bridgehead atoms. The van der Waals surface area contributed by atoms with Crippen LogP contribution in [0.4, 0.5) is 0 Å². The molecule has 0 aliphatic heterocycles. The van der Waals surface area contributed by atoms with E-state index in [1.165, 1.54) is 0 Å². The molecule has 0 saturated heterocycles. The first kappa shape index (κ1) is 53.6. The van der Waals surface area contributed by atoms with E-state index in [-0.39, 0.29) is 0 Å². The Bertz CT molecular complexity index is 5860. The smallest absolute Gasteiger partial charge is 0.0970 e. The second-order valence-corrected chi connectivity index (χ2v) is 22.8. The van der Waals surface area contributed by atoms with Crippen molar-refractivity contribution in [3.8, 4) is 89.5 Å². The number of fused-ring (bicyclic) bond motifs is 10. The van der Waals surface area contributed by atoms with E-state index in [4.69, 9.17) is 19.9 Å². The molecule has 0 amide bonds. The lowest BCUT2D eigenvalue weighted by atomic mass is 9.96. The summed E-state index contributed by atoms with van der Waals surface area (Å²) in [6.45, 7) is 0. The zero-order valence-electron chi connectivity index (χ0n) is 49.3. The first-order valence-electron chi connectivity index (χ1n) is 30.5. The molecule has 10 nitrogen and oxygen atoms in total. The number of hydrogen-bond donors (Lipinski definition) is 0. The van der Waals surface area contributed by atoms with Gasteiger partial charge in [0.15, 0.2) is 0 Å². The van der Waals surface area contributed by atoms with E-state index in [2.05, 4.69) is 242 Å². The zero-order chi connectivity index (χ0) is 60.9. The second kappa shape index (κ2) is 22.8. The lowest BCUT2D eigenvalue weighted by Crippen LogP contribution is -1.90. The summed E-state index contributed by atoms with van der Waals surface area (Å²) in [4.78, 5) is 46.9. The van der Waals surface area contributed by atoms with Gasteiger partial charge in [0.1, 0.15) is 0 Å². The van der Waals surface area contributed by atoms with Gasteiger partial charge in [0.05, 0.1) is 66.9 Å². The summed E-state index contributed by atoms with van der Waals surface area (Å²) in [7, 11) is 0. The Balaban J connectivity index is 0.000000141. The third-order valence-electron chi connectivity index (χ3n) is 17.3. The van der Waals surface area contributed by atoms with E-state index in [1.807, 2.05) is 67.3 Å². The van der Waals surface area contributed by atoms with Crippen LogP contribution in [0.3, 0.4) is 0 Å². The summed E-state index contributed by atoms with van der Waals surface area (Å²) in [5.74, 6) is 0. The molecule has 18 aromatic rings. The van der Waals surface area contributed by atoms with Crippen LogP contribution in [0.5, 0.6) is 0 Å². The fraction of sp³-hybridized carbons (Fsp3) is 0. The van der Waals surface area contributed by atoms with E-state index in [1.54, 1.807) is 24.8 Å². The van der Waals surface area contributed by atoms with Gasteiger partial charge in [-0.1, -0.05) is 152 Å². The summed E-state index contributed by atoms with van der Waals surface area (Å²) in [6.07, 6.45) is 14.5. The van der Waals surface area contributed by atoms with Gasteiger partial charge < -0.3 is 0 Å². The molecule has 18 rings (SSSR count). The number of benzene rings is 8. The Morgan fingerprint density at radius 2 is 0.511 bits per heavy atom. The Morgan fingerprint density at radius 1 is 0.185 bits per heavy atom. The van der Waals surface area contributed by atoms with Crippen molar-refractivity contribution in [3.63, 3.8) is 0 Å². The standard InChI is InChI=1S/2C41H25N5/c1-3-33-23-35(34-4-2-20-44-41(34)40(33)43-19-1)26-5-7-27(8-6-26)36-15-13-28-9-11-31(24-38(28)45-36)32-12-10-29-14-16-37(46-39(29)25-32)30-17-21-42-22-18-30;1-2-31-11-14-35-34(19-23-44-41(35)40(31)43-20-1)26-3-5-27(6-4-26)36-15-12-28-7-9-32(24-38(28)45-36)33-10-8-29-13-16-37(46-39(29)25-33)30-17-21-42-22-18-30/h2*1-25H.